The van der Waals surface area contributed by atoms with Crippen molar-refractivity contribution in [1.29, 1.82) is 0 Å². The molecule has 0 unspecified atom stereocenters. The van der Waals surface area contributed by atoms with Crippen LogP contribution in [0.3, 0.4) is 0 Å². The fraction of sp³-hybridized carbons (Fsp3) is 0.333. The molecular formula is C15H18O3. The molecule has 3 nitrogen and oxygen atoms in total. The van der Waals surface area contributed by atoms with E-state index in [-0.39, 0.29) is 5.78 Å². The summed E-state index contributed by atoms with van der Waals surface area (Å²) in [7, 11) is 1.30. The molecule has 0 aliphatic rings. The average molecular weight is 246 g/mol. The Morgan fingerprint density at radius 2 is 1.83 bits per heavy atom. The third-order valence-electron chi connectivity index (χ3n) is 2.87. The number of carbonyl (C=O) groups excluding carboxylic acids is 2. The summed E-state index contributed by atoms with van der Waals surface area (Å²) in [6.07, 6.45) is 2.28. The molecule has 1 rings (SSSR count). The first kappa shape index (κ1) is 14.2. The van der Waals surface area contributed by atoms with Crippen molar-refractivity contribution in [2.75, 3.05) is 7.11 Å². The zero-order chi connectivity index (χ0) is 13.5. The number of benzene rings is 1. The van der Waals surface area contributed by atoms with Crippen molar-refractivity contribution in [1.82, 2.24) is 0 Å². The Kier molecular flexibility index (Phi) is 5.31. The standard InChI is InChI=1S/C15H18O3/c1-11(13-7-5-4-6-8-13)9-10-14(12(2)16)15(17)18-3/h4-9,14H,10H2,1-3H3/b11-9+/t14-/m1/s1. The van der Waals surface area contributed by atoms with E-state index in [1.165, 1.54) is 14.0 Å². The van der Waals surface area contributed by atoms with Crippen molar-refractivity contribution in [3.8, 4) is 0 Å². The van der Waals surface area contributed by atoms with Crippen LogP contribution in [-0.2, 0) is 14.3 Å². The van der Waals surface area contributed by atoms with Crippen LogP contribution >= 0.6 is 0 Å². The van der Waals surface area contributed by atoms with Crippen molar-refractivity contribution in [2.45, 2.75) is 20.3 Å². The summed E-state index contributed by atoms with van der Waals surface area (Å²) >= 11 is 0. The van der Waals surface area contributed by atoms with Crippen LogP contribution in [0.5, 0.6) is 0 Å². The van der Waals surface area contributed by atoms with Crippen molar-refractivity contribution < 1.29 is 14.3 Å². The van der Waals surface area contributed by atoms with Crippen LogP contribution in [0.4, 0.5) is 0 Å². The number of ketones is 1. The maximum Gasteiger partial charge on any atom is 0.316 e. The zero-order valence-electron chi connectivity index (χ0n) is 11.0. The number of hydrogen-bond acceptors (Lipinski definition) is 3. The highest BCUT2D eigenvalue weighted by Crippen LogP contribution is 2.17. The molecule has 0 spiro atoms. The van der Waals surface area contributed by atoms with Crippen molar-refractivity contribution in [2.24, 2.45) is 5.92 Å². The number of esters is 1. The molecular weight excluding hydrogens is 228 g/mol. The van der Waals surface area contributed by atoms with Crippen LogP contribution in [0.2, 0.25) is 0 Å². The number of Topliss-reactive ketones (excluding diaryl/α,β-unsaturated/α-hetero) is 1. The molecule has 0 heterocycles. The Balaban J connectivity index is 2.78. The van der Waals surface area contributed by atoms with Gasteiger partial charge in [-0.25, -0.2) is 0 Å². The molecule has 1 aromatic carbocycles. The fourth-order valence-corrected chi connectivity index (χ4v) is 1.68. The summed E-state index contributed by atoms with van der Waals surface area (Å²) in [4.78, 5) is 22.8. The van der Waals surface area contributed by atoms with Crippen LogP contribution in [0, 0.1) is 5.92 Å². The average Bonchev–Trinajstić information content (AvgIpc) is 2.39. The molecule has 3 heteroatoms. The van der Waals surface area contributed by atoms with Crippen molar-refractivity contribution in [3.63, 3.8) is 0 Å². The first-order chi connectivity index (χ1) is 8.56. The summed E-state index contributed by atoms with van der Waals surface area (Å²) in [5, 5.41) is 0. The number of rotatable bonds is 5. The third kappa shape index (κ3) is 3.84. The molecule has 0 saturated heterocycles. The number of carbonyl (C=O) groups is 2. The lowest BCUT2D eigenvalue weighted by molar-refractivity contribution is -0.148. The van der Waals surface area contributed by atoms with Gasteiger partial charge >= 0.3 is 5.97 Å². The van der Waals surface area contributed by atoms with E-state index in [4.69, 9.17) is 0 Å². The molecule has 0 saturated carbocycles. The molecule has 0 radical (unpaired) electrons. The summed E-state index contributed by atoms with van der Waals surface area (Å²) in [6.45, 7) is 3.37. The molecule has 0 aromatic heterocycles. The highest BCUT2D eigenvalue weighted by molar-refractivity contribution is 5.98. The monoisotopic (exact) mass is 246 g/mol. The Morgan fingerprint density at radius 1 is 1.22 bits per heavy atom. The lowest BCUT2D eigenvalue weighted by Gasteiger charge is -2.09. The van der Waals surface area contributed by atoms with Gasteiger partial charge in [0.05, 0.1) is 7.11 Å². The second-order valence-electron chi connectivity index (χ2n) is 4.18. The molecule has 0 aliphatic heterocycles. The summed E-state index contributed by atoms with van der Waals surface area (Å²) < 4.78 is 4.62. The largest absolute Gasteiger partial charge is 0.468 e. The van der Waals surface area contributed by atoms with E-state index in [1.54, 1.807) is 0 Å². The molecule has 0 fully saturated rings. The number of hydrogen-bond donors (Lipinski definition) is 0. The number of ether oxygens (including phenoxy) is 1. The zero-order valence-corrected chi connectivity index (χ0v) is 11.0. The van der Waals surface area contributed by atoms with Gasteiger partial charge in [-0.2, -0.15) is 0 Å². The van der Waals surface area contributed by atoms with Crippen molar-refractivity contribution in [3.05, 3.63) is 42.0 Å². The second-order valence-corrected chi connectivity index (χ2v) is 4.18. The van der Waals surface area contributed by atoms with E-state index in [1.807, 2.05) is 43.3 Å². The Bertz CT molecular complexity index is 446. The topological polar surface area (TPSA) is 43.4 Å². The van der Waals surface area contributed by atoms with Gasteiger partial charge in [0.1, 0.15) is 11.7 Å². The summed E-state index contributed by atoms with van der Waals surface area (Å²) in [5.74, 6) is -1.34. The molecule has 18 heavy (non-hydrogen) atoms. The predicted molar refractivity (Wildman–Crippen MR) is 70.9 cm³/mol. The summed E-state index contributed by atoms with van der Waals surface area (Å²) in [5.41, 5.74) is 2.13. The molecule has 0 aliphatic carbocycles. The van der Waals surface area contributed by atoms with Gasteiger partial charge in [-0.3, -0.25) is 9.59 Å². The van der Waals surface area contributed by atoms with Crippen LogP contribution in [0.1, 0.15) is 25.8 Å². The van der Waals surface area contributed by atoms with Crippen LogP contribution in [-0.4, -0.2) is 18.9 Å². The summed E-state index contributed by atoms with van der Waals surface area (Å²) in [6, 6.07) is 9.84. The maximum absolute atomic E-state index is 11.4. The minimum absolute atomic E-state index is 0.168. The first-order valence-electron chi connectivity index (χ1n) is 5.86. The molecule has 1 aromatic rings. The van der Waals surface area contributed by atoms with E-state index in [0.29, 0.717) is 6.42 Å². The minimum Gasteiger partial charge on any atom is -0.468 e. The van der Waals surface area contributed by atoms with E-state index in [9.17, 15) is 9.59 Å². The predicted octanol–water partition coefficient (Wildman–Crippen LogP) is 2.86. The Morgan fingerprint density at radius 3 is 2.33 bits per heavy atom. The van der Waals surface area contributed by atoms with Gasteiger partial charge in [0.25, 0.3) is 0 Å². The number of methoxy groups -OCH3 is 1. The molecule has 96 valence electrons. The smallest absolute Gasteiger partial charge is 0.316 e. The minimum atomic E-state index is -0.700. The fourth-order valence-electron chi connectivity index (χ4n) is 1.68. The van der Waals surface area contributed by atoms with Gasteiger partial charge in [0.2, 0.25) is 0 Å². The highest BCUT2D eigenvalue weighted by atomic mass is 16.5. The van der Waals surface area contributed by atoms with Crippen LogP contribution in [0.15, 0.2) is 36.4 Å². The molecule has 0 N–H and O–H groups in total. The van der Waals surface area contributed by atoms with Gasteiger partial charge in [-0.1, -0.05) is 36.4 Å². The van der Waals surface area contributed by atoms with E-state index < -0.39 is 11.9 Å². The SMILES string of the molecule is COC(=O)[C@H](C/C=C(\C)c1ccccc1)C(C)=O. The Labute approximate surface area is 107 Å². The second kappa shape index (κ2) is 6.74. The number of allylic oxidation sites excluding steroid dienone is 2. The third-order valence-corrected chi connectivity index (χ3v) is 2.87. The lowest BCUT2D eigenvalue weighted by Crippen LogP contribution is -2.22. The molecule has 0 bridgehead atoms. The van der Waals surface area contributed by atoms with Gasteiger partial charge < -0.3 is 4.74 Å². The van der Waals surface area contributed by atoms with E-state index in [2.05, 4.69) is 4.74 Å². The van der Waals surface area contributed by atoms with Gasteiger partial charge in [-0.05, 0) is 31.4 Å². The van der Waals surface area contributed by atoms with Crippen molar-refractivity contribution >= 4 is 17.3 Å². The van der Waals surface area contributed by atoms with Crippen LogP contribution < -0.4 is 0 Å². The highest BCUT2D eigenvalue weighted by Gasteiger charge is 2.22. The van der Waals surface area contributed by atoms with Gasteiger partial charge in [0.15, 0.2) is 0 Å². The van der Waals surface area contributed by atoms with E-state index in [0.717, 1.165) is 11.1 Å². The molecule has 1 atom stereocenters. The quantitative estimate of drug-likeness (QED) is 0.592. The first-order valence-corrected chi connectivity index (χ1v) is 5.86. The van der Waals surface area contributed by atoms with E-state index >= 15 is 0 Å². The maximum atomic E-state index is 11.4. The Hall–Kier alpha value is -1.90. The lowest BCUT2D eigenvalue weighted by atomic mass is 9.98. The van der Waals surface area contributed by atoms with Crippen LogP contribution in [0.25, 0.3) is 5.57 Å². The van der Waals surface area contributed by atoms with Gasteiger partial charge in [0, 0.05) is 0 Å². The molecule has 0 amide bonds. The van der Waals surface area contributed by atoms with Gasteiger partial charge in [-0.15, -0.1) is 0 Å². The normalized spacial score (nSPS) is 12.9.